The molecule has 21 heavy (non-hydrogen) atoms. The summed E-state index contributed by atoms with van der Waals surface area (Å²) in [5.74, 6) is -1.79. The topological polar surface area (TPSA) is 127 Å². The van der Waals surface area contributed by atoms with E-state index in [2.05, 4.69) is 0 Å². The zero-order valence-corrected chi connectivity index (χ0v) is 12.3. The SMILES string of the molecule is CCC(C)[C@H](NS(=O)(=O)c1ccccc1[N+](=O)[O-])C(=O)O. The summed E-state index contributed by atoms with van der Waals surface area (Å²) >= 11 is 0. The van der Waals surface area contributed by atoms with Crippen molar-refractivity contribution in [2.24, 2.45) is 5.92 Å². The Labute approximate surface area is 122 Å². The van der Waals surface area contributed by atoms with Crippen LogP contribution in [0.25, 0.3) is 0 Å². The van der Waals surface area contributed by atoms with Crippen LogP contribution in [0.2, 0.25) is 0 Å². The van der Waals surface area contributed by atoms with Gasteiger partial charge in [0, 0.05) is 6.07 Å². The third-order valence-electron chi connectivity index (χ3n) is 3.11. The monoisotopic (exact) mass is 316 g/mol. The van der Waals surface area contributed by atoms with E-state index in [9.17, 15) is 23.3 Å². The van der Waals surface area contributed by atoms with E-state index in [1.54, 1.807) is 13.8 Å². The zero-order valence-electron chi connectivity index (χ0n) is 11.5. The molecule has 9 heteroatoms. The molecule has 0 amide bonds. The van der Waals surface area contributed by atoms with Crippen molar-refractivity contribution in [1.29, 1.82) is 0 Å². The van der Waals surface area contributed by atoms with Crippen molar-refractivity contribution < 1.29 is 23.2 Å². The molecule has 0 aliphatic carbocycles. The highest BCUT2D eigenvalue weighted by molar-refractivity contribution is 7.89. The molecule has 0 spiro atoms. The molecule has 0 aliphatic rings. The van der Waals surface area contributed by atoms with Gasteiger partial charge >= 0.3 is 5.97 Å². The van der Waals surface area contributed by atoms with Gasteiger partial charge in [0.15, 0.2) is 4.90 Å². The first kappa shape index (κ1) is 17.1. The molecule has 2 atom stereocenters. The Morgan fingerprint density at radius 1 is 1.43 bits per heavy atom. The van der Waals surface area contributed by atoms with Gasteiger partial charge in [0.05, 0.1) is 4.92 Å². The number of benzene rings is 1. The van der Waals surface area contributed by atoms with E-state index in [-0.39, 0.29) is 0 Å². The summed E-state index contributed by atoms with van der Waals surface area (Å²) in [7, 11) is -4.31. The van der Waals surface area contributed by atoms with E-state index in [4.69, 9.17) is 5.11 Å². The predicted molar refractivity (Wildman–Crippen MR) is 74.3 cm³/mol. The van der Waals surface area contributed by atoms with Crippen molar-refractivity contribution in [1.82, 2.24) is 4.72 Å². The number of para-hydroxylation sites is 1. The van der Waals surface area contributed by atoms with Crippen molar-refractivity contribution >= 4 is 21.7 Å². The van der Waals surface area contributed by atoms with Gasteiger partial charge in [-0.2, -0.15) is 4.72 Å². The summed E-state index contributed by atoms with van der Waals surface area (Å²) in [5.41, 5.74) is -0.599. The van der Waals surface area contributed by atoms with Crippen LogP contribution in [0.5, 0.6) is 0 Å². The minimum atomic E-state index is -4.31. The standard InChI is InChI=1S/C12H16N2O6S/c1-3-8(2)11(12(15)16)13-21(19,20)10-7-5-4-6-9(10)14(17)18/h4-8,11,13H,3H2,1-2H3,(H,15,16)/t8?,11-/m0/s1. The number of carboxylic acids is 1. The van der Waals surface area contributed by atoms with Gasteiger partial charge in [0.2, 0.25) is 10.0 Å². The van der Waals surface area contributed by atoms with Crippen LogP contribution < -0.4 is 4.72 Å². The van der Waals surface area contributed by atoms with Gasteiger partial charge in [-0.1, -0.05) is 32.4 Å². The number of nitrogens with one attached hydrogen (secondary N) is 1. The third kappa shape index (κ3) is 3.99. The maximum atomic E-state index is 12.2. The highest BCUT2D eigenvalue weighted by atomic mass is 32.2. The number of nitro benzene ring substituents is 1. The van der Waals surface area contributed by atoms with Crippen LogP contribution in [0.1, 0.15) is 20.3 Å². The van der Waals surface area contributed by atoms with Crippen LogP contribution in [0, 0.1) is 16.0 Å². The van der Waals surface area contributed by atoms with Gasteiger partial charge < -0.3 is 5.11 Å². The fourth-order valence-electron chi connectivity index (χ4n) is 1.71. The normalized spacial score (nSPS) is 14.4. The maximum Gasteiger partial charge on any atom is 0.322 e. The first-order valence-electron chi connectivity index (χ1n) is 6.19. The molecule has 0 bridgehead atoms. The molecule has 0 radical (unpaired) electrons. The Morgan fingerprint density at radius 3 is 2.48 bits per heavy atom. The van der Waals surface area contributed by atoms with E-state index in [1.807, 2.05) is 4.72 Å². The second-order valence-corrected chi connectivity index (χ2v) is 6.23. The Bertz CT molecular complexity index is 643. The molecule has 0 saturated carbocycles. The van der Waals surface area contributed by atoms with Gasteiger partial charge in [-0.05, 0) is 12.0 Å². The first-order valence-corrected chi connectivity index (χ1v) is 7.67. The Hall–Kier alpha value is -2.00. The van der Waals surface area contributed by atoms with Crippen molar-refractivity contribution in [3.05, 3.63) is 34.4 Å². The first-order chi connectivity index (χ1) is 9.70. The molecule has 1 aromatic rings. The van der Waals surface area contributed by atoms with Gasteiger partial charge in [-0.25, -0.2) is 8.42 Å². The van der Waals surface area contributed by atoms with E-state index >= 15 is 0 Å². The van der Waals surface area contributed by atoms with Gasteiger partial charge in [-0.3, -0.25) is 14.9 Å². The van der Waals surface area contributed by atoms with Gasteiger partial charge in [0.1, 0.15) is 6.04 Å². The van der Waals surface area contributed by atoms with Crippen molar-refractivity contribution in [2.75, 3.05) is 0 Å². The molecule has 116 valence electrons. The van der Waals surface area contributed by atoms with Gasteiger partial charge in [0.25, 0.3) is 5.69 Å². The number of aliphatic carboxylic acids is 1. The third-order valence-corrected chi connectivity index (χ3v) is 4.60. The smallest absolute Gasteiger partial charge is 0.322 e. The lowest BCUT2D eigenvalue weighted by molar-refractivity contribution is -0.387. The summed E-state index contributed by atoms with van der Waals surface area (Å²) in [5, 5.41) is 20.0. The van der Waals surface area contributed by atoms with Crippen LogP contribution >= 0.6 is 0 Å². The van der Waals surface area contributed by atoms with E-state index in [0.29, 0.717) is 6.42 Å². The number of carbonyl (C=O) groups is 1. The lowest BCUT2D eigenvalue weighted by Crippen LogP contribution is -2.45. The van der Waals surface area contributed by atoms with E-state index in [0.717, 1.165) is 12.1 Å². The second-order valence-electron chi connectivity index (χ2n) is 4.55. The zero-order chi connectivity index (χ0) is 16.2. The Balaban J connectivity index is 3.23. The number of carboxylic acid groups (broad SMARTS) is 1. The average molecular weight is 316 g/mol. The fraction of sp³-hybridized carbons (Fsp3) is 0.417. The Morgan fingerprint density at radius 2 is 2.00 bits per heavy atom. The fourth-order valence-corrected chi connectivity index (χ4v) is 3.18. The average Bonchev–Trinajstić information content (AvgIpc) is 2.43. The quantitative estimate of drug-likeness (QED) is 0.578. The van der Waals surface area contributed by atoms with Gasteiger partial charge in [-0.15, -0.1) is 0 Å². The maximum absolute atomic E-state index is 12.2. The highest BCUT2D eigenvalue weighted by Gasteiger charge is 2.32. The molecule has 1 unspecified atom stereocenters. The van der Waals surface area contributed by atoms with E-state index in [1.165, 1.54) is 12.1 Å². The number of nitro groups is 1. The predicted octanol–water partition coefficient (Wildman–Crippen LogP) is 1.37. The van der Waals surface area contributed by atoms with Crippen LogP contribution in [0.4, 0.5) is 5.69 Å². The lowest BCUT2D eigenvalue weighted by Gasteiger charge is -2.19. The minimum absolute atomic E-state index is 0.441. The lowest BCUT2D eigenvalue weighted by atomic mass is 10.0. The molecule has 1 aromatic carbocycles. The number of nitrogens with zero attached hydrogens (tertiary/aromatic N) is 1. The Kier molecular flexibility index (Phi) is 5.39. The van der Waals surface area contributed by atoms with Crippen molar-refractivity contribution in [2.45, 2.75) is 31.2 Å². The van der Waals surface area contributed by atoms with Crippen LogP contribution in [0.3, 0.4) is 0 Å². The molecule has 1 rings (SSSR count). The molecule has 0 aliphatic heterocycles. The van der Waals surface area contributed by atoms with Crippen LogP contribution in [-0.2, 0) is 14.8 Å². The summed E-state index contributed by atoms with van der Waals surface area (Å²) in [4.78, 5) is 20.7. The molecule has 0 fully saturated rings. The summed E-state index contributed by atoms with van der Waals surface area (Å²) < 4.78 is 26.5. The van der Waals surface area contributed by atoms with Crippen LogP contribution in [-0.4, -0.2) is 30.5 Å². The summed E-state index contributed by atoms with van der Waals surface area (Å²) in [6.45, 7) is 3.31. The number of sulfonamides is 1. The molecule has 2 N–H and O–H groups in total. The summed E-state index contributed by atoms with van der Waals surface area (Å²) in [6, 6.07) is 3.44. The molecule has 0 aromatic heterocycles. The summed E-state index contributed by atoms with van der Waals surface area (Å²) in [6.07, 6.45) is 0.441. The molecule has 0 heterocycles. The number of hydrogen-bond donors (Lipinski definition) is 2. The largest absolute Gasteiger partial charge is 0.480 e. The molecule has 8 nitrogen and oxygen atoms in total. The van der Waals surface area contributed by atoms with E-state index < -0.39 is 43.5 Å². The minimum Gasteiger partial charge on any atom is -0.480 e. The second kappa shape index (κ2) is 6.64. The highest BCUT2D eigenvalue weighted by Crippen LogP contribution is 2.23. The number of rotatable bonds is 7. The molecular formula is C12H16N2O6S. The molecular weight excluding hydrogens is 300 g/mol. The van der Waals surface area contributed by atoms with Crippen molar-refractivity contribution in [3.63, 3.8) is 0 Å². The number of hydrogen-bond acceptors (Lipinski definition) is 5. The van der Waals surface area contributed by atoms with Crippen LogP contribution in [0.15, 0.2) is 29.2 Å². The molecule has 0 saturated heterocycles. The van der Waals surface area contributed by atoms with Crippen molar-refractivity contribution in [3.8, 4) is 0 Å².